The summed E-state index contributed by atoms with van der Waals surface area (Å²) >= 11 is 0. The highest BCUT2D eigenvalue weighted by molar-refractivity contribution is 7.86. The molecular weight excluding hydrogens is 967 g/mol. The zero-order valence-electron chi connectivity index (χ0n) is 36.7. The Hall–Kier alpha value is -5.29. The van der Waals surface area contributed by atoms with E-state index in [0.717, 1.165) is 0 Å². The number of benzene rings is 2. The van der Waals surface area contributed by atoms with Crippen LogP contribution in [0, 0.1) is 0 Å². The van der Waals surface area contributed by atoms with Crippen molar-refractivity contribution in [3.63, 3.8) is 0 Å². The van der Waals surface area contributed by atoms with E-state index in [9.17, 15) is 75.9 Å². The van der Waals surface area contributed by atoms with Crippen LogP contribution in [0.5, 0.6) is 0 Å². The molecule has 1 unspecified atom stereocenters. The maximum absolute atomic E-state index is 13.9. The van der Waals surface area contributed by atoms with E-state index >= 15 is 0 Å². The van der Waals surface area contributed by atoms with Gasteiger partial charge < -0.3 is 25.3 Å². The minimum absolute atomic E-state index is 0.00918. The lowest BCUT2D eigenvalue weighted by atomic mass is 9.77. The summed E-state index contributed by atoms with van der Waals surface area (Å²) in [7, 11) is -17.9. The van der Waals surface area contributed by atoms with Gasteiger partial charge in [-0.05, 0) is 48.7 Å². The van der Waals surface area contributed by atoms with Gasteiger partial charge in [-0.25, -0.2) is 4.79 Å². The fourth-order valence-electron chi connectivity index (χ4n) is 8.51. The number of anilines is 2. The van der Waals surface area contributed by atoms with Crippen LogP contribution in [-0.2, 0) is 65.7 Å². The van der Waals surface area contributed by atoms with Crippen LogP contribution in [0.15, 0.2) is 54.3 Å². The second-order valence-electron chi connectivity index (χ2n) is 17.0. The third-order valence-electron chi connectivity index (χ3n) is 11.4. The van der Waals surface area contributed by atoms with Crippen molar-refractivity contribution < 1.29 is 80.7 Å². The SMILES string of the molecule is CC1(C)/C(=C\C=C\C2N(CCCS(=O)(=O)O)c3cc(C(=O)NCCS(=O)(=O)O)cc(C(=O)NCCS(=O)(=O)O)c3C2(C)C)N(CCCS(=O)(=O)O)c2cccc(C(=O)ON3C(=O)CCC3=O)c21. The third kappa shape index (κ3) is 12.8. The molecule has 6 N–H and O–H groups in total. The number of hydrogen-bond donors (Lipinski definition) is 6. The number of carbonyl (C=O) groups is 5. The molecule has 0 radical (unpaired) electrons. The lowest BCUT2D eigenvalue weighted by molar-refractivity contribution is -0.172. The predicted octanol–water partition coefficient (Wildman–Crippen LogP) is 1.40. The van der Waals surface area contributed by atoms with E-state index in [1.165, 1.54) is 24.3 Å². The van der Waals surface area contributed by atoms with E-state index in [1.807, 2.05) is 0 Å². The fourth-order valence-corrected chi connectivity index (χ4v) is 10.2. The van der Waals surface area contributed by atoms with Crippen LogP contribution in [0.2, 0.25) is 0 Å². The smallest absolute Gasteiger partial charge is 0.364 e. The molecule has 3 aliphatic rings. The first-order valence-corrected chi connectivity index (χ1v) is 27.0. The van der Waals surface area contributed by atoms with Crippen molar-refractivity contribution in [2.45, 2.75) is 70.3 Å². The van der Waals surface area contributed by atoms with Crippen LogP contribution in [0.3, 0.4) is 0 Å². The molecule has 1 atom stereocenters. The first kappa shape index (κ1) is 52.7. The Morgan fingerprint density at radius 2 is 1.25 bits per heavy atom. The maximum Gasteiger partial charge on any atom is 0.364 e. The van der Waals surface area contributed by atoms with E-state index in [1.54, 1.807) is 61.8 Å². The highest BCUT2D eigenvalue weighted by Crippen LogP contribution is 2.51. The molecule has 3 heterocycles. The molecule has 23 nitrogen and oxygen atoms in total. The summed E-state index contributed by atoms with van der Waals surface area (Å²) in [5, 5.41) is 5.15. The zero-order chi connectivity index (χ0) is 50.1. The summed E-state index contributed by atoms with van der Waals surface area (Å²) in [4.78, 5) is 74.3. The van der Waals surface area contributed by atoms with Crippen LogP contribution < -0.4 is 20.4 Å². The minimum Gasteiger partial charge on any atom is -0.364 e. The average molecular weight is 1020 g/mol. The summed E-state index contributed by atoms with van der Waals surface area (Å²) in [6, 6.07) is 6.35. The number of hydroxylamine groups is 2. The van der Waals surface area contributed by atoms with E-state index in [-0.39, 0.29) is 61.2 Å². The molecule has 4 amide bonds. The van der Waals surface area contributed by atoms with Crippen LogP contribution in [0.25, 0.3) is 0 Å². The van der Waals surface area contributed by atoms with Crippen molar-refractivity contribution in [1.82, 2.24) is 15.7 Å². The van der Waals surface area contributed by atoms with E-state index < -0.39 is 123 Å². The molecule has 0 saturated carbocycles. The summed E-state index contributed by atoms with van der Waals surface area (Å²) in [5.74, 6) is -7.24. The Labute approximate surface area is 387 Å². The standard InChI is InChI=1S/C40H51N5O18S4/c1-39(2)30(43(17-7-19-64(51,52)53)28-10-5-9-26(34(28)39)38(50)63-45-32(46)13-14-33(45)47)11-6-12-31-40(3,4)35-27(37(49)42-16-22-67(60,61)62)23-25(36(48)41-15-21-66(57,58)59)24-29(35)44(31)18-8-20-65(54,55)56/h5-6,9-12,23-24,31H,7-8,13-22H2,1-4H3,(H,41,48)(H,42,49)(H,51,52,53)(H,54,55,56)(H,57,58,59)(H,60,61,62)/b12-6+,30-11+. The highest BCUT2D eigenvalue weighted by Gasteiger charge is 2.47. The Balaban J connectivity index is 1.63. The molecule has 2 aromatic rings. The number of hydrogen-bond acceptors (Lipinski definition) is 16. The van der Waals surface area contributed by atoms with E-state index in [2.05, 4.69) is 10.6 Å². The molecule has 0 aliphatic carbocycles. The molecule has 368 valence electrons. The number of allylic oxidation sites excluding steroid dienone is 3. The number of imide groups is 1. The molecule has 2 aromatic carbocycles. The van der Waals surface area contributed by atoms with Gasteiger partial charge in [0.15, 0.2) is 0 Å². The Morgan fingerprint density at radius 1 is 0.716 bits per heavy atom. The van der Waals surface area contributed by atoms with Crippen molar-refractivity contribution in [2.24, 2.45) is 0 Å². The molecule has 67 heavy (non-hydrogen) atoms. The van der Waals surface area contributed by atoms with Gasteiger partial charge in [-0.3, -0.25) is 37.4 Å². The second-order valence-corrected chi connectivity index (χ2v) is 23.3. The molecule has 1 fully saturated rings. The second kappa shape index (κ2) is 19.7. The Kier molecular flexibility index (Phi) is 15.5. The molecule has 0 bridgehead atoms. The summed E-state index contributed by atoms with van der Waals surface area (Å²) in [5.41, 5.74) is -0.794. The molecule has 27 heteroatoms. The molecule has 0 aromatic heterocycles. The molecule has 1 saturated heterocycles. The van der Waals surface area contributed by atoms with Crippen LogP contribution >= 0.6 is 0 Å². The number of fused-ring (bicyclic) bond motifs is 2. The van der Waals surface area contributed by atoms with Crippen molar-refractivity contribution >= 4 is 81.4 Å². The zero-order valence-corrected chi connectivity index (χ0v) is 39.9. The van der Waals surface area contributed by atoms with Crippen molar-refractivity contribution in [2.75, 3.05) is 59.0 Å². The third-order valence-corrected chi connectivity index (χ3v) is 14.4. The largest absolute Gasteiger partial charge is 0.364 e. The van der Waals surface area contributed by atoms with Crippen LogP contribution in [0.1, 0.15) is 95.6 Å². The lowest BCUT2D eigenvalue weighted by Crippen LogP contribution is -2.41. The summed E-state index contributed by atoms with van der Waals surface area (Å²) in [6.07, 6.45) is 4.39. The van der Waals surface area contributed by atoms with Gasteiger partial charge >= 0.3 is 5.97 Å². The van der Waals surface area contributed by atoms with Gasteiger partial charge in [-0.2, -0.15) is 33.7 Å². The van der Waals surface area contributed by atoms with Gasteiger partial charge in [0.05, 0.1) is 34.6 Å². The molecule has 5 rings (SSSR count). The summed E-state index contributed by atoms with van der Waals surface area (Å²) in [6.45, 7) is 5.73. The monoisotopic (exact) mass is 1020 g/mol. The van der Waals surface area contributed by atoms with Gasteiger partial charge in [0.1, 0.15) is 0 Å². The number of rotatable bonds is 20. The maximum atomic E-state index is 13.9. The highest BCUT2D eigenvalue weighted by atomic mass is 32.2. The van der Waals surface area contributed by atoms with Gasteiger partial charge in [0.2, 0.25) is 0 Å². The van der Waals surface area contributed by atoms with Crippen molar-refractivity contribution in [1.29, 1.82) is 0 Å². The number of nitrogens with one attached hydrogen (secondary N) is 2. The first-order chi connectivity index (χ1) is 30.8. The van der Waals surface area contributed by atoms with E-state index in [0.29, 0.717) is 27.6 Å². The number of carbonyl (C=O) groups excluding carboxylic acids is 5. The van der Waals surface area contributed by atoms with Gasteiger partial charge in [0, 0.05) is 83.6 Å². The number of amides is 4. The average Bonchev–Trinajstić information content (AvgIpc) is 3.70. The first-order valence-electron chi connectivity index (χ1n) is 20.5. The number of nitrogens with zero attached hydrogens (tertiary/aromatic N) is 3. The predicted molar refractivity (Wildman–Crippen MR) is 241 cm³/mol. The molecule has 3 aliphatic heterocycles. The van der Waals surface area contributed by atoms with Gasteiger partial charge in [0.25, 0.3) is 64.1 Å². The topological polar surface area (TPSA) is 346 Å². The minimum atomic E-state index is -4.53. The molecule has 0 spiro atoms. The van der Waals surface area contributed by atoms with Crippen molar-refractivity contribution in [3.05, 3.63) is 82.1 Å². The van der Waals surface area contributed by atoms with Crippen LogP contribution in [0.4, 0.5) is 11.4 Å². The molecular formula is C40H51N5O18S4. The van der Waals surface area contributed by atoms with Gasteiger partial charge in [-0.1, -0.05) is 45.9 Å². The van der Waals surface area contributed by atoms with Gasteiger partial charge in [-0.15, -0.1) is 5.06 Å². The van der Waals surface area contributed by atoms with Crippen LogP contribution in [-0.4, -0.2) is 142 Å². The Bertz CT molecular complexity index is 2860. The fraction of sp³-hybridized carbons (Fsp3) is 0.475. The quantitative estimate of drug-likeness (QED) is 0.0806. The van der Waals surface area contributed by atoms with E-state index in [4.69, 9.17) is 4.84 Å². The lowest BCUT2D eigenvalue weighted by Gasteiger charge is -2.33. The van der Waals surface area contributed by atoms with Crippen molar-refractivity contribution in [3.8, 4) is 0 Å². The summed E-state index contributed by atoms with van der Waals surface area (Å²) < 4.78 is 131. The normalized spacial score (nSPS) is 18.7. The Morgan fingerprint density at radius 3 is 1.81 bits per heavy atom.